The maximum absolute atomic E-state index is 11.2. The lowest BCUT2D eigenvalue weighted by Crippen LogP contribution is -2.29. The lowest BCUT2D eigenvalue weighted by atomic mass is 10.2. The number of hydrogen-bond acceptors (Lipinski definition) is 3. The van der Waals surface area contributed by atoms with Gasteiger partial charge in [0.15, 0.2) is 6.61 Å². The van der Waals surface area contributed by atoms with Crippen LogP contribution >= 0.6 is 0 Å². The van der Waals surface area contributed by atoms with Crippen LogP contribution < -0.4 is 10.1 Å². The molecule has 1 aromatic rings. The lowest BCUT2D eigenvalue weighted by molar-refractivity contribution is -0.123. The van der Waals surface area contributed by atoms with E-state index in [0.717, 1.165) is 12.7 Å². The Balaban J connectivity index is 2.36. The summed E-state index contributed by atoms with van der Waals surface area (Å²) in [5.41, 5.74) is 0.586. The minimum atomic E-state index is -0.138. The number of ether oxygens (including phenoxy) is 1. The second kappa shape index (κ2) is 6.61. The number of nitrogens with one attached hydrogen (secondary N) is 1. The van der Waals surface area contributed by atoms with Gasteiger partial charge in [-0.05, 0) is 30.7 Å². The van der Waals surface area contributed by atoms with Crippen LogP contribution in [0.2, 0.25) is 0 Å². The highest BCUT2D eigenvalue weighted by Crippen LogP contribution is 2.10. The molecule has 4 heteroatoms. The fraction of sp³-hybridized carbons (Fsp3) is 0.333. The SMILES string of the molecule is CCCNC(=O)COc1ccc(C=O)cc1. The van der Waals surface area contributed by atoms with Crippen molar-refractivity contribution < 1.29 is 14.3 Å². The summed E-state index contributed by atoms with van der Waals surface area (Å²) in [5, 5.41) is 2.71. The summed E-state index contributed by atoms with van der Waals surface area (Å²) in [7, 11) is 0. The van der Waals surface area contributed by atoms with Gasteiger partial charge in [-0.3, -0.25) is 9.59 Å². The highest BCUT2D eigenvalue weighted by molar-refractivity contribution is 5.77. The van der Waals surface area contributed by atoms with E-state index in [1.807, 2.05) is 6.92 Å². The normalized spacial score (nSPS) is 9.56. The van der Waals surface area contributed by atoms with E-state index in [1.165, 1.54) is 0 Å². The van der Waals surface area contributed by atoms with Crippen LogP contribution in [-0.4, -0.2) is 25.3 Å². The molecule has 0 unspecified atom stereocenters. The third-order valence-corrected chi connectivity index (χ3v) is 1.96. The highest BCUT2D eigenvalue weighted by Gasteiger charge is 2.01. The summed E-state index contributed by atoms with van der Waals surface area (Å²) in [4.78, 5) is 21.6. The number of amides is 1. The number of hydrogen-bond donors (Lipinski definition) is 1. The molecule has 4 nitrogen and oxygen atoms in total. The summed E-state index contributed by atoms with van der Waals surface area (Å²) in [6.07, 6.45) is 1.66. The van der Waals surface area contributed by atoms with Crippen LogP contribution in [0.3, 0.4) is 0 Å². The first-order valence-corrected chi connectivity index (χ1v) is 5.21. The van der Waals surface area contributed by atoms with E-state index < -0.39 is 0 Å². The van der Waals surface area contributed by atoms with Gasteiger partial charge in [-0.2, -0.15) is 0 Å². The topological polar surface area (TPSA) is 55.4 Å². The predicted octanol–water partition coefficient (Wildman–Crippen LogP) is 1.40. The molecular weight excluding hydrogens is 206 g/mol. The van der Waals surface area contributed by atoms with Crippen molar-refractivity contribution >= 4 is 12.2 Å². The maximum atomic E-state index is 11.2. The van der Waals surface area contributed by atoms with Gasteiger partial charge in [0.2, 0.25) is 0 Å². The fourth-order valence-corrected chi connectivity index (χ4v) is 1.11. The number of rotatable bonds is 6. The number of carbonyl (C=O) groups excluding carboxylic acids is 2. The van der Waals surface area contributed by atoms with Gasteiger partial charge in [0.1, 0.15) is 12.0 Å². The average Bonchev–Trinajstić information content (AvgIpc) is 2.34. The molecule has 0 fully saturated rings. The van der Waals surface area contributed by atoms with Crippen molar-refractivity contribution in [2.45, 2.75) is 13.3 Å². The molecule has 0 spiro atoms. The van der Waals surface area contributed by atoms with E-state index in [2.05, 4.69) is 5.32 Å². The van der Waals surface area contributed by atoms with Gasteiger partial charge in [0.05, 0.1) is 0 Å². The molecule has 1 N–H and O–H groups in total. The Hall–Kier alpha value is -1.84. The Bertz CT molecular complexity index is 346. The van der Waals surface area contributed by atoms with E-state index >= 15 is 0 Å². The Morgan fingerprint density at radius 2 is 2.06 bits per heavy atom. The van der Waals surface area contributed by atoms with Gasteiger partial charge in [-0.15, -0.1) is 0 Å². The average molecular weight is 221 g/mol. The van der Waals surface area contributed by atoms with Crippen molar-refractivity contribution in [3.8, 4) is 5.75 Å². The molecule has 0 aromatic heterocycles. The van der Waals surface area contributed by atoms with Crippen LogP contribution in [0, 0.1) is 0 Å². The standard InChI is InChI=1S/C12H15NO3/c1-2-7-13-12(15)9-16-11-5-3-10(8-14)4-6-11/h3-6,8H,2,7,9H2,1H3,(H,13,15). The minimum absolute atomic E-state index is 0.000432. The van der Waals surface area contributed by atoms with Gasteiger partial charge in [-0.1, -0.05) is 6.92 Å². The van der Waals surface area contributed by atoms with Crippen molar-refractivity contribution in [2.75, 3.05) is 13.2 Å². The zero-order chi connectivity index (χ0) is 11.8. The zero-order valence-electron chi connectivity index (χ0n) is 9.23. The summed E-state index contributed by atoms with van der Waals surface area (Å²) < 4.78 is 5.24. The van der Waals surface area contributed by atoms with Crippen molar-refractivity contribution in [3.05, 3.63) is 29.8 Å². The molecule has 0 aliphatic carbocycles. The van der Waals surface area contributed by atoms with Gasteiger partial charge >= 0.3 is 0 Å². The Labute approximate surface area is 94.6 Å². The third kappa shape index (κ3) is 4.13. The second-order valence-electron chi connectivity index (χ2n) is 3.33. The molecule has 86 valence electrons. The summed E-state index contributed by atoms with van der Waals surface area (Å²) in [5.74, 6) is 0.443. The molecule has 0 aliphatic rings. The third-order valence-electron chi connectivity index (χ3n) is 1.96. The first kappa shape index (κ1) is 12.2. The highest BCUT2D eigenvalue weighted by atomic mass is 16.5. The van der Waals surface area contributed by atoms with Crippen LogP contribution in [-0.2, 0) is 4.79 Å². The molecular formula is C12H15NO3. The van der Waals surface area contributed by atoms with Crippen LogP contribution in [0.25, 0.3) is 0 Å². The molecule has 0 aliphatic heterocycles. The summed E-state index contributed by atoms with van der Waals surface area (Å²) in [6, 6.07) is 6.62. The van der Waals surface area contributed by atoms with Crippen LogP contribution in [0.4, 0.5) is 0 Å². The lowest BCUT2D eigenvalue weighted by Gasteiger charge is -2.06. The van der Waals surface area contributed by atoms with Crippen LogP contribution in [0.15, 0.2) is 24.3 Å². The van der Waals surface area contributed by atoms with Crippen LogP contribution in [0.1, 0.15) is 23.7 Å². The summed E-state index contributed by atoms with van der Waals surface area (Å²) >= 11 is 0. The second-order valence-corrected chi connectivity index (χ2v) is 3.33. The molecule has 16 heavy (non-hydrogen) atoms. The van der Waals surface area contributed by atoms with E-state index in [1.54, 1.807) is 24.3 Å². The van der Waals surface area contributed by atoms with Crippen molar-refractivity contribution in [1.82, 2.24) is 5.32 Å². The first-order valence-electron chi connectivity index (χ1n) is 5.21. The van der Waals surface area contributed by atoms with E-state index in [9.17, 15) is 9.59 Å². The summed E-state index contributed by atoms with van der Waals surface area (Å²) in [6.45, 7) is 2.64. The first-order chi connectivity index (χ1) is 7.76. The molecule has 0 bridgehead atoms. The Kier molecular flexibility index (Phi) is 5.05. The minimum Gasteiger partial charge on any atom is -0.484 e. The van der Waals surface area contributed by atoms with Gasteiger partial charge in [0, 0.05) is 12.1 Å². The molecule has 1 aromatic carbocycles. The molecule has 0 radical (unpaired) electrons. The Morgan fingerprint density at radius 1 is 1.38 bits per heavy atom. The van der Waals surface area contributed by atoms with Gasteiger partial charge < -0.3 is 10.1 Å². The number of benzene rings is 1. The monoisotopic (exact) mass is 221 g/mol. The van der Waals surface area contributed by atoms with Crippen molar-refractivity contribution in [1.29, 1.82) is 0 Å². The molecule has 1 amide bonds. The largest absolute Gasteiger partial charge is 0.484 e. The quantitative estimate of drug-likeness (QED) is 0.739. The van der Waals surface area contributed by atoms with E-state index in [4.69, 9.17) is 4.74 Å². The van der Waals surface area contributed by atoms with Crippen molar-refractivity contribution in [3.63, 3.8) is 0 Å². The van der Waals surface area contributed by atoms with Crippen molar-refractivity contribution in [2.24, 2.45) is 0 Å². The molecule has 0 atom stereocenters. The smallest absolute Gasteiger partial charge is 0.257 e. The van der Waals surface area contributed by atoms with Gasteiger partial charge in [-0.25, -0.2) is 0 Å². The van der Waals surface area contributed by atoms with Gasteiger partial charge in [0.25, 0.3) is 5.91 Å². The molecule has 1 rings (SSSR count). The molecule has 0 heterocycles. The Morgan fingerprint density at radius 3 is 2.62 bits per heavy atom. The van der Waals surface area contributed by atoms with E-state index in [-0.39, 0.29) is 12.5 Å². The molecule has 0 saturated carbocycles. The number of carbonyl (C=O) groups is 2. The number of aldehydes is 1. The zero-order valence-corrected chi connectivity index (χ0v) is 9.23. The van der Waals surface area contributed by atoms with Crippen LogP contribution in [0.5, 0.6) is 5.75 Å². The maximum Gasteiger partial charge on any atom is 0.257 e. The predicted molar refractivity (Wildman–Crippen MR) is 60.6 cm³/mol. The fourth-order valence-electron chi connectivity index (χ4n) is 1.11. The van der Waals surface area contributed by atoms with E-state index in [0.29, 0.717) is 17.9 Å². The molecule has 0 saturated heterocycles.